The number of nitrogens with two attached hydrogens (primary N) is 1. The monoisotopic (exact) mass is 403 g/mol. The van der Waals surface area contributed by atoms with Crippen LogP contribution in [-0.4, -0.2) is 9.55 Å². The number of rotatable bonds is 1. The summed E-state index contributed by atoms with van der Waals surface area (Å²) in [6.45, 7) is 0. The fraction of sp³-hybridized carbons (Fsp3) is 0. The Morgan fingerprint density at radius 1 is 1.05 bits per heavy atom. The van der Waals surface area contributed by atoms with E-state index in [1.165, 1.54) is 0 Å². The van der Waals surface area contributed by atoms with Crippen LogP contribution in [0.15, 0.2) is 36.4 Å². The van der Waals surface area contributed by atoms with Gasteiger partial charge in [0, 0.05) is 13.6 Å². The van der Waals surface area contributed by atoms with E-state index in [1.54, 1.807) is 6.07 Å². The van der Waals surface area contributed by atoms with Crippen LogP contribution < -0.4 is 5.73 Å². The number of nitrogens with zero attached hydrogens (tertiary/aromatic N) is 2. The standard InChI is InChI=1S/C13H8Cl2IN3/c14-7-2-4-11(9(16)5-7)19-12-6-8(15)1-3-10(12)18-13(19)17/h1-6H,(H2,17,18). The lowest BCUT2D eigenvalue weighted by atomic mass is 10.3. The van der Waals surface area contributed by atoms with Gasteiger partial charge in [0.05, 0.1) is 16.7 Å². The minimum absolute atomic E-state index is 0.428. The van der Waals surface area contributed by atoms with Crippen LogP contribution in [0.25, 0.3) is 16.7 Å². The third-order valence-corrected chi connectivity index (χ3v) is 4.13. The Bertz CT molecular complexity index is 783. The van der Waals surface area contributed by atoms with Gasteiger partial charge >= 0.3 is 0 Å². The van der Waals surface area contributed by atoms with Crippen LogP contribution in [0, 0.1) is 3.57 Å². The first kappa shape index (κ1) is 13.0. The second kappa shape index (κ2) is 4.85. The molecule has 0 saturated heterocycles. The first-order valence-corrected chi connectivity index (χ1v) is 7.28. The highest BCUT2D eigenvalue weighted by Crippen LogP contribution is 2.29. The number of anilines is 1. The van der Waals surface area contributed by atoms with Crippen LogP contribution >= 0.6 is 45.8 Å². The Kier molecular flexibility index (Phi) is 3.32. The molecule has 2 aromatic carbocycles. The van der Waals surface area contributed by atoms with Gasteiger partial charge in [-0.05, 0) is 59.0 Å². The topological polar surface area (TPSA) is 43.8 Å². The van der Waals surface area contributed by atoms with E-state index >= 15 is 0 Å². The molecular weight excluding hydrogens is 396 g/mol. The summed E-state index contributed by atoms with van der Waals surface area (Å²) in [7, 11) is 0. The van der Waals surface area contributed by atoms with Gasteiger partial charge in [0.25, 0.3) is 0 Å². The summed E-state index contributed by atoms with van der Waals surface area (Å²) in [5.41, 5.74) is 8.64. The summed E-state index contributed by atoms with van der Waals surface area (Å²) in [6, 6.07) is 11.1. The van der Waals surface area contributed by atoms with Crippen molar-refractivity contribution in [2.75, 3.05) is 5.73 Å². The van der Waals surface area contributed by atoms with Crippen LogP contribution in [0.4, 0.5) is 5.95 Å². The minimum atomic E-state index is 0.428. The average Bonchev–Trinajstić information content (AvgIpc) is 2.65. The molecule has 0 bridgehead atoms. The number of hydrogen-bond acceptors (Lipinski definition) is 2. The molecule has 19 heavy (non-hydrogen) atoms. The lowest BCUT2D eigenvalue weighted by molar-refractivity contribution is 1.10. The Morgan fingerprint density at radius 2 is 1.74 bits per heavy atom. The van der Waals surface area contributed by atoms with E-state index in [0.29, 0.717) is 16.0 Å². The van der Waals surface area contributed by atoms with Crippen molar-refractivity contribution in [3.63, 3.8) is 0 Å². The van der Waals surface area contributed by atoms with Crippen molar-refractivity contribution in [1.29, 1.82) is 0 Å². The van der Waals surface area contributed by atoms with Gasteiger partial charge in [-0.1, -0.05) is 23.2 Å². The van der Waals surface area contributed by atoms with Crippen LogP contribution in [-0.2, 0) is 0 Å². The van der Waals surface area contributed by atoms with Gasteiger partial charge in [-0.15, -0.1) is 0 Å². The number of benzene rings is 2. The summed E-state index contributed by atoms with van der Waals surface area (Å²) >= 11 is 14.3. The van der Waals surface area contributed by atoms with Gasteiger partial charge < -0.3 is 5.73 Å². The number of aromatic nitrogens is 2. The lowest BCUT2D eigenvalue weighted by Crippen LogP contribution is -2.02. The second-order valence-corrected chi connectivity index (χ2v) is 6.07. The van der Waals surface area contributed by atoms with E-state index in [1.807, 2.05) is 34.9 Å². The quantitative estimate of drug-likeness (QED) is 0.607. The van der Waals surface area contributed by atoms with Gasteiger partial charge in [0.2, 0.25) is 5.95 Å². The summed E-state index contributed by atoms with van der Waals surface area (Å²) in [5.74, 6) is 0.428. The van der Waals surface area contributed by atoms with Crippen LogP contribution in [0.5, 0.6) is 0 Å². The third kappa shape index (κ3) is 2.28. The highest BCUT2D eigenvalue weighted by Gasteiger charge is 2.12. The maximum atomic E-state index is 6.05. The fourth-order valence-corrected chi connectivity index (χ4v) is 3.26. The molecule has 0 spiro atoms. The molecular formula is C13H8Cl2IN3. The van der Waals surface area contributed by atoms with E-state index in [4.69, 9.17) is 28.9 Å². The predicted octanol–water partition coefficient (Wildman–Crippen LogP) is 4.52. The molecule has 0 saturated carbocycles. The first-order valence-electron chi connectivity index (χ1n) is 5.45. The van der Waals surface area contributed by atoms with Gasteiger partial charge in [-0.2, -0.15) is 0 Å². The summed E-state index contributed by atoms with van der Waals surface area (Å²) in [5, 5.41) is 1.34. The molecule has 1 heterocycles. The second-order valence-electron chi connectivity index (χ2n) is 4.03. The van der Waals surface area contributed by atoms with Gasteiger partial charge in [0.1, 0.15) is 0 Å². The molecule has 0 aliphatic rings. The highest BCUT2D eigenvalue weighted by molar-refractivity contribution is 14.1. The van der Waals surface area contributed by atoms with Gasteiger partial charge in [-0.3, -0.25) is 4.57 Å². The van der Waals surface area contributed by atoms with E-state index in [-0.39, 0.29) is 0 Å². The average molecular weight is 404 g/mol. The molecule has 3 nitrogen and oxygen atoms in total. The molecule has 6 heteroatoms. The summed E-state index contributed by atoms with van der Waals surface area (Å²) in [4.78, 5) is 4.34. The zero-order valence-electron chi connectivity index (χ0n) is 9.57. The molecule has 0 atom stereocenters. The highest BCUT2D eigenvalue weighted by atomic mass is 127. The lowest BCUT2D eigenvalue weighted by Gasteiger charge is -2.09. The van der Waals surface area contributed by atoms with Crippen molar-refractivity contribution in [2.24, 2.45) is 0 Å². The molecule has 1 aromatic heterocycles. The van der Waals surface area contributed by atoms with Crippen LogP contribution in [0.3, 0.4) is 0 Å². The molecule has 0 radical (unpaired) electrons. The van der Waals surface area contributed by atoms with Crippen LogP contribution in [0.1, 0.15) is 0 Å². The van der Waals surface area contributed by atoms with Crippen molar-refractivity contribution in [2.45, 2.75) is 0 Å². The Morgan fingerprint density at radius 3 is 2.47 bits per heavy atom. The maximum Gasteiger partial charge on any atom is 0.205 e. The molecule has 0 amide bonds. The van der Waals surface area contributed by atoms with E-state index in [2.05, 4.69) is 27.6 Å². The smallest absolute Gasteiger partial charge is 0.205 e. The number of nitrogen functional groups attached to an aromatic ring is 1. The minimum Gasteiger partial charge on any atom is -0.369 e. The normalized spacial score (nSPS) is 11.1. The first-order chi connectivity index (χ1) is 9.06. The Balaban J connectivity index is 2.35. The predicted molar refractivity (Wildman–Crippen MR) is 88.2 cm³/mol. The molecule has 0 unspecified atom stereocenters. The molecule has 0 aliphatic carbocycles. The molecule has 2 N–H and O–H groups in total. The zero-order valence-corrected chi connectivity index (χ0v) is 13.2. The van der Waals surface area contributed by atoms with Crippen molar-refractivity contribution in [1.82, 2.24) is 9.55 Å². The summed E-state index contributed by atoms with van der Waals surface area (Å²) < 4.78 is 2.87. The third-order valence-electron chi connectivity index (χ3n) is 2.79. The molecule has 96 valence electrons. The molecule has 3 rings (SSSR count). The molecule has 0 fully saturated rings. The largest absolute Gasteiger partial charge is 0.369 e. The van der Waals surface area contributed by atoms with Crippen molar-refractivity contribution < 1.29 is 0 Å². The SMILES string of the molecule is Nc1nc2ccc(Cl)cc2n1-c1ccc(Cl)cc1I. The van der Waals surface area contributed by atoms with E-state index < -0.39 is 0 Å². The number of halogens is 3. The van der Waals surface area contributed by atoms with Crippen molar-refractivity contribution >= 4 is 62.8 Å². The van der Waals surface area contributed by atoms with Crippen LogP contribution in [0.2, 0.25) is 10.0 Å². The van der Waals surface area contributed by atoms with Gasteiger partial charge in [-0.25, -0.2) is 4.98 Å². The summed E-state index contributed by atoms with van der Waals surface area (Å²) in [6.07, 6.45) is 0. The Labute approximate surface area is 133 Å². The van der Waals surface area contributed by atoms with E-state index in [9.17, 15) is 0 Å². The zero-order chi connectivity index (χ0) is 13.6. The van der Waals surface area contributed by atoms with Gasteiger partial charge in [0.15, 0.2) is 0 Å². The molecule has 0 aliphatic heterocycles. The maximum absolute atomic E-state index is 6.05. The number of imidazole rings is 1. The number of hydrogen-bond donors (Lipinski definition) is 1. The van der Waals surface area contributed by atoms with Crippen molar-refractivity contribution in [3.05, 3.63) is 50.0 Å². The van der Waals surface area contributed by atoms with Crippen molar-refractivity contribution in [3.8, 4) is 5.69 Å². The Hall–Kier alpha value is -0.980. The fourth-order valence-electron chi connectivity index (χ4n) is 1.98. The van der Waals surface area contributed by atoms with E-state index in [0.717, 1.165) is 20.3 Å². The number of fused-ring (bicyclic) bond motifs is 1. The molecule has 3 aromatic rings.